The Morgan fingerprint density at radius 2 is 1.90 bits per heavy atom. The summed E-state index contributed by atoms with van der Waals surface area (Å²) in [6, 6.07) is 10.8. The number of nitrogens with zero attached hydrogens (tertiary/aromatic N) is 1. The van der Waals surface area contributed by atoms with Gasteiger partial charge in [0.15, 0.2) is 11.9 Å². The summed E-state index contributed by atoms with van der Waals surface area (Å²) in [5.41, 5.74) is 1.38. The second-order valence-corrected chi connectivity index (χ2v) is 7.24. The Kier molecular flexibility index (Phi) is 5.20. The molecule has 0 radical (unpaired) electrons. The highest BCUT2D eigenvalue weighted by Gasteiger charge is 2.31. The molecule has 1 fully saturated rings. The molecule has 7 nitrogen and oxygen atoms in total. The van der Waals surface area contributed by atoms with Crippen molar-refractivity contribution in [2.45, 2.75) is 25.9 Å². The minimum Gasteiger partial charge on any atom is -0.459 e. The summed E-state index contributed by atoms with van der Waals surface area (Å²) in [5.74, 6) is -0.834. The molecular weight excluding hydrogens is 372 g/mol. The van der Waals surface area contributed by atoms with Crippen molar-refractivity contribution in [1.82, 2.24) is 9.88 Å². The maximum atomic E-state index is 12.8. The van der Waals surface area contributed by atoms with Gasteiger partial charge in [-0.2, -0.15) is 0 Å². The number of amides is 1. The number of aromatic nitrogens is 1. The van der Waals surface area contributed by atoms with Gasteiger partial charge in [0, 0.05) is 35.8 Å². The van der Waals surface area contributed by atoms with E-state index in [-0.39, 0.29) is 17.6 Å². The molecule has 2 aromatic heterocycles. The maximum Gasteiger partial charge on any atom is 0.309 e. The van der Waals surface area contributed by atoms with E-state index in [2.05, 4.69) is 4.98 Å². The number of carbonyl (C=O) groups excluding carboxylic acids is 3. The lowest BCUT2D eigenvalue weighted by atomic mass is 9.96. The van der Waals surface area contributed by atoms with Gasteiger partial charge in [0.2, 0.25) is 5.78 Å². The molecule has 1 aliphatic rings. The van der Waals surface area contributed by atoms with Gasteiger partial charge < -0.3 is 19.0 Å². The molecule has 0 bridgehead atoms. The first-order valence-corrected chi connectivity index (χ1v) is 9.68. The molecule has 150 valence electrons. The average Bonchev–Trinajstić information content (AvgIpc) is 3.43. The van der Waals surface area contributed by atoms with Crippen molar-refractivity contribution >= 4 is 28.6 Å². The number of para-hydroxylation sites is 1. The number of piperidine rings is 1. The van der Waals surface area contributed by atoms with Gasteiger partial charge in [0.1, 0.15) is 0 Å². The normalized spacial score (nSPS) is 16.0. The summed E-state index contributed by atoms with van der Waals surface area (Å²) in [5, 5.41) is 0.810. The SMILES string of the molecule is CC(OC(=O)C1CCN(C(=O)c2ccco2)CC1)C(=O)c1c[nH]c2ccccc12. The molecule has 1 saturated heterocycles. The highest BCUT2D eigenvalue weighted by molar-refractivity contribution is 6.10. The van der Waals surface area contributed by atoms with Crippen molar-refractivity contribution in [2.24, 2.45) is 5.92 Å². The number of fused-ring (bicyclic) bond motifs is 1. The molecule has 1 aliphatic heterocycles. The standard InChI is InChI=1S/C22H22N2O5/c1-14(20(25)17-13-23-18-6-3-2-5-16(17)18)29-22(27)15-8-10-24(11-9-15)21(26)19-7-4-12-28-19/h2-7,12-15,23H,8-11H2,1H3. The monoisotopic (exact) mass is 394 g/mol. The maximum absolute atomic E-state index is 12.8. The first-order valence-electron chi connectivity index (χ1n) is 9.68. The van der Waals surface area contributed by atoms with Crippen molar-refractivity contribution in [3.63, 3.8) is 0 Å². The third kappa shape index (κ3) is 3.81. The number of ether oxygens (including phenoxy) is 1. The zero-order chi connectivity index (χ0) is 20.4. The third-order valence-corrected chi connectivity index (χ3v) is 5.36. The number of nitrogens with one attached hydrogen (secondary N) is 1. The summed E-state index contributed by atoms with van der Waals surface area (Å²) in [7, 11) is 0. The minimum atomic E-state index is -0.871. The number of furan rings is 1. The molecule has 3 aromatic rings. The Morgan fingerprint density at radius 3 is 2.62 bits per heavy atom. The number of rotatable bonds is 5. The van der Waals surface area contributed by atoms with Crippen LogP contribution in [0.25, 0.3) is 10.9 Å². The van der Waals surface area contributed by atoms with Crippen LogP contribution in [0.4, 0.5) is 0 Å². The van der Waals surface area contributed by atoms with Crippen molar-refractivity contribution in [1.29, 1.82) is 0 Å². The quantitative estimate of drug-likeness (QED) is 0.529. The Bertz CT molecular complexity index is 1030. The number of hydrogen-bond donors (Lipinski definition) is 1. The van der Waals surface area contributed by atoms with Gasteiger partial charge >= 0.3 is 5.97 Å². The predicted molar refractivity (Wildman–Crippen MR) is 106 cm³/mol. The van der Waals surface area contributed by atoms with Gasteiger partial charge in [-0.25, -0.2) is 0 Å². The molecule has 0 saturated carbocycles. The van der Waals surface area contributed by atoms with Crippen molar-refractivity contribution in [3.8, 4) is 0 Å². The van der Waals surface area contributed by atoms with E-state index in [4.69, 9.17) is 9.15 Å². The van der Waals surface area contributed by atoms with Crippen LogP contribution in [-0.2, 0) is 9.53 Å². The van der Waals surface area contributed by atoms with E-state index in [0.717, 1.165) is 10.9 Å². The van der Waals surface area contributed by atoms with Crippen molar-refractivity contribution in [2.75, 3.05) is 13.1 Å². The van der Waals surface area contributed by atoms with Gasteiger partial charge in [0.25, 0.3) is 5.91 Å². The van der Waals surface area contributed by atoms with Crippen LogP contribution < -0.4 is 0 Å². The summed E-state index contributed by atoms with van der Waals surface area (Å²) in [4.78, 5) is 42.3. The molecule has 4 rings (SSSR count). The number of ketones is 1. The molecule has 7 heteroatoms. The molecule has 1 unspecified atom stereocenters. The Hall–Kier alpha value is -3.35. The molecule has 1 amide bonds. The van der Waals surface area contributed by atoms with Gasteiger partial charge in [-0.1, -0.05) is 18.2 Å². The van der Waals surface area contributed by atoms with Gasteiger partial charge in [-0.15, -0.1) is 0 Å². The van der Waals surface area contributed by atoms with Crippen molar-refractivity contribution < 1.29 is 23.5 Å². The predicted octanol–water partition coefficient (Wildman–Crippen LogP) is 3.43. The molecule has 0 aliphatic carbocycles. The fourth-order valence-electron chi connectivity index (χ4n) is 3.69. The molecule has 3 heterocycles. The zero-order valence-corrected chi connectivity index (χ0v) is 16.1. The summed E-state index contributed by atoms with van der Waals surface area (Å²) in [6.45, 7) is 2.49. The fourth-order valence-corrected chi connectivity index (χ4v) is 3.69. The van der Waals surface area contributed by atoms with Crippen molar-refractivity contribution in [3.05, 3.63) is 60.2 Å². The number of likely N-dealkylation sites (tertiary alicyclic amines) is 1. The minimum absolute atomic E-state index is 0.176. The highest BCUT2D eigenvalue weighted by atomic mass is 16.5. The van der Waals surface area contributed by atoms with Crippen LogP contribution in [-0.4, -0.2) is 46.7 Å². The number of hydrogen-bond acceptors (Lipinski definition) is 5. The lowest BCUT2D eigenvalue weighted by molar-refractivity contribution is -0.152. The summed E-state index contributed by atoms with van der Waals surface area (Å²) >= 11 is 0. The van der Waals surface area contributed by atoms with Crippen LogP contribution in [0.3, 0.4) is 0 Å². The van der Waals surface area contributed by atoms with E-state index >= 15 is 0 Å². The smallest absolute Gasteiger partial charge is 0.309 e. The van der Waals surface area contributed by atoms with E-state index in [1.54, 1.807) is 30.2 Å². The van der Waals surface area contributed by atoms with Crippen LogP contribution in [0.5, 0.6) is 0 Å². The largest absolute Gasteiger partial charge is 0.459 e. The number of Topliss-reactive ketones (excluding diaryl/α,β-unsaturated/α-hetero) is 1. The van der Waals surface area contributed by atoms with E-state index in [1.807, 2.05) is 24.3 Å². The lowest BCUT2D eigenvalue weighted by Gasteiger charge is -2.30. The number of H-pyrrole nitrogens is 1. The topological polar surface area (TPSA) is 92.6 Å². The molecular formula is C22H22N2O5. The van der Waals surface area contributed by atoms with Crippen LogP contribution in [0.2, 0.25) is 0 Å². The number of esters is 1. The number of aromatic amines is 1. The first-order chi connectivity index (χ1) is 14.0. The molecule has 0 spiro atoms. The third-order valence-electron chi connectivity index (χ3n) is 5.36. The van der Waals surface area contributed by atoms with Crippen LogP contribution in [0, 0.1) is 5.92 Å². The summed E-state index contributed by atoms with van der Waals surface area (Å²) < 4.78 is 10.6. The Labute approximate surface area is 167 Å². The fraction of sp³-hybridized carbons (Fsp3) is 0.318. The zero-order valence-electron chi connectivity index (χ0n) is 16.1. The van der Waals surface area contributed by atoms with Gasteiger partial charge in [-0.3, -0.25) is 14.4 Å². The molecule has 1 aromatic carbocycles. The average molecular weight is 394 g/mol. The lowest BCUT2D eigenvalue weighted by Crippen LogP contribution is -2.41. The highest BCUT2D eigenvalue weighted by Crippen LogP contribution is 2.23. The van der Waals surface area contributed by atoms with Gasteiger partial charge in [-0.05, 0) is 38.0 Å². The van der Waals surface area contributed by atoms with Gasteiger partial charge in [0.05, 0.1) is 12.2 Å². The van der Waals surface area contributed by atoms with Crippen LogP contribution in [0.15, 0.2) is 53.3 Å². The second kappa shape index (κ2) is 7.95. The first kappa shape index (κ1) is 19.0. The van der Waals surface area contributed by atoms with E-state index in [9.17, 15) is 14.4 Å². The Morgan fingerprint density at radius 1 is 1.14 bits per heavy atom. The second-order valence-electron chi connectivity index (χ2n) is 7.24. The molecule has 1 atom stereocenters. The Balaban J connectivity index is 1.33. The number of benzene rings is 1. The van der Waals surface area contributed by atoms with Crippen LogP contribution >= 0.6 is 0 Å². The number of carbonyl (C=O) groups is 3. The molecule has 1 N–H and O–H groups in total. The summed E-state index contributed by atoms with van der Waals surface area (Å²) in [6.07, 6.45) is 3.24. The van der Waals surface area contributed by atoms with E-state index in [1.165, 1.54) is 6.26 Å². The molecule has 29 heavy (non-hydrogen) atoms. The van der Waals surface area contributed by atoms with Crippen LogP contribution in [0.1, 0.15) is 40.7 Å². The van der Waals surface area contributed by atoms with E-state index < -0.39 is 12.1 Å². The van der Waals surface area contributed by atoms with E-state index in [0.29, 0.717) is 37.3 Å².